The van der Waals surface area contributed by atoms with Crippen LogP contribution < -0.4 is 11.1 Å². The van der Waals surface area contributed by atoms with Crippen molar-refractivity contribution >= 4 is 33.3 Å². The van der Waals surface area contributed by atoms with Gasteiger partial charge in [-0.2, -0.15) is 0 Å². The van der Waals surface area contributed by atoms with E-state index in [1.165, 1.54) is 0 Å². The fourth-order valence-electron chi connectivity index (χ4n) is 1.86. The van der Waals surface area contributed by atoms with Crippen LogP contribution in [0.25, 0.3) is 0 Å². The second-order valence-corrected chi connectivity index (χ2v) is 7.05. The van der Waals surface area contributed by atoms with Crippen molar-refractivity contribution in [2.45, 2.75) is 40.0 Å². The molecule has 0 amide bonds. The Kier molecular flexibility index (Phi) is 4.23. The third-order valence-corrected chi connectivity index (χ3v) is 4.23. The first kappa shape index (κ1) is 15.8. The highest BCUT2D eigenvalue weighted by Crippen LogP contribution is 2.30. The van der Waals surface area contributed by atoms with Crippen molar-refractivity contribution in [3.05, 3.63) is 39.6 Å². The Balaban J connectivity index is 2.49. The van der Waals surface area contributed by atoms with Gasteiger partial charge in [0.2, 0.25) is 0 Å². The van der Waals surface area contributed by atoms with Crippen LogP contribution in [-0.4, -0.2) is 9.97 Å². The van der Waals surface area contributed by atoms with E-state index < -0.39 is 0 Å². The van der Waals surface area contributed by atoms with Crippen molar-refractivity contribution in [2.24, 2.45) is 0 Å². The number of benzene rings is 1. The van der Waals surface area contributed by atoms with Crippen LogP contribution in [0.4, 0.5) is 17.3 Å². The molecule has 0 aliphatic heterocycles. The summed E-state index contributed by atoms with van der Waals surface area (Å²) in [4.78, 5) is 9.06. The average Bonchev–Trinajstić information content (AvgIpc) is 2.38. The summed E-state index contributed by atoms with van der Waals surface area (Å²) in [7, 11) is 0. The Morgan fingerprint density at radius 3 is 2.38 bits per heavy atom. The molecule has 0 saturated heterocycles. The van der Waals surface area contributed by atoms with E-state index in [4.69, 9.17) is 5.73 Å². The molecule has 2 rings (SSSR count). The van der Waals surface area contributed by atoms with Crippen molar-refractivity contribution in [2.75, 3.05) is 11.1 Å². The van der Waals surface area contributed by atoms with Gasteiger partial charge in [-0.1, -0.05) is 42.8 Å². The highest BCUT2D eigenvalue weighted by molar-refractivity contribution is 9.10. The molecular weight excluding hydrogens is 328 g/mol. The van der Waals surface area contributed by atoms with E-state index in [9.17, 15) is 0 Å². The Morgan fingerprint density at radius 2 is 1.76 bits per heavy atom. The summed E-state index contributed by atoms with van der Waals surface area (Å²) in [6, 6.07) is 6.03. The lowest BCUT2D eigenvalue weighted by molar-refractivity contribution is 0.546. The number of nitrogens with two attached hydrogens (primary N) is 1. The fourth-order valence-corrected chi connectivity index (χ4v) is 2.23. The van der Waals surface area contributed by atoms with Crippen LogP contribution in [0.2, 0.25) is 0 Å². The summed E-state index contributed by atoms with van der Waals surface area (Å²) >= 11 is 3.54. The van der Waals surface area contributed by atoms with Gasteiger partial charge in [0.1, 0.15) is 17.5 Å². The molecule has 3 N–H and O–H groups in total. The molecule has 21 heavy (non-hydrogen) atoms. The molecule has 1 aromatic carbocycles. The first-order chi connectivity index (χ1) is 9.70. The Labute approximate surface area is 134 Å². The maximum Gasteiger partial charge on any atom is 0.139 e. The minimum Gasteiger partial charge on any atom is -0.383 e. The van der Waals surface area contributed by atoms with Crippen LogP contribution in [0, 0.1) is 13.8 Å². The maximum absolute atomic E-state index is 6.04. The smallest absolute Gasteiger partial charge is 0.139 e. The average molecular weight is 349 g/mol. The minimum atomic E-state index is -0.148. The zero-order chi connectivity index (χ0) is 15.8. The molecule has 2 aromatic rings. The first-order valence-corrected chi connectivity index (χ1v) is 7.66. The highest BCUT2D eigenvalue weighted by atomic mass is 79.9. The quantitative estimate of drug-likeness (QED) is 0.839. The lowest BCUT2D eigenvalue weighted by Crippen LogP contribution is -2.19. The number of nitrogens with zero attached hydrogens (tertiary/aromatic N) is 2. The van der Waals surface area contributed by atoms with Crippen LogP contribution in [0.5, 0.6) is 0 Å². The molecule has 0 radical (unpaired) electrons. The van der Waals surface area contributed by atoms with Gasteiger partial charge in [0, 0.05) is 21.1 Å². The third kappa shape index (κ3) is 3.35. The van der Waals surface area contributed by atoms with E-state index >= 15 is 0 Å². The monoisotopic (exact) mass is 348 g/mol. The van der Waals surface area contributed by atoms with Crippen molar-refractivity contribution in [1.29, 1.82) is 0 Å². The highest BCUT2D eigenvalue weighted by Gasteiger charge is 2.20. The topological polar surface area (TPSA) is 63.8 Å². The molecule has 5 heteroatoms. The summed E-state index contributed by atoms with van der Waals surface area (Å²) in [5, 5.41) is 3.37. The number of hydrogen-bond acceptors (Lipinski definition) is 4. The van der Waals surface area contributed by atoms with Crippen molar-refractivity contribution in [1.82, 2.24) is 9.97 Å². The van der Waals surface area contributed by atoms with Gasteiger partial charge in [0.05, 0.1) is 0 Å². The number of aromatic nitrogens is 2. The van der Waals surface area contributed by atoms with E-state index in [-0.39, 0.29) is 5.41 Å². The van der Waals surface area contributed by atoms with Gasteiger partial charge >= 0.3 is 0 Å². The van der Waals surface area contributed by atoms with Gasteiger partial charge in [-0.3, -0.25) is 0 Å². The zero-order valence-corrected chi connectivity index (χ0v) is 14.7. The molecule has 0 aliphatic rings. The molecule has 0 spiro atoms. The van der Waals surface area contributed by atoms with Crippen molar-refractivity contribution < 1.29 is 0 Å². The predicted octanol–water partition coefficient (Wildman–Crippen LogP) is 4.48. The Hall–Kier alpha value is -1.62. The van der Waals surface area contributed by atoms with Gasteiger partial charge < -0.3 is 11.1 Å². The number of anilines is 3. The molecule has 0 saturated carbocycles. The number of hydrogen-bond donors (Lipinski definition) is 2. The van der Waals surface area contributed by atoms with Crippen LogP contribution in [0.1, 0.15) is 37.7 Å². The molecule has 0 bridgehead atoms. The molecule has 1 aromatic heterocycles. The van der Waals surface area contributed by atoms with E-state index in [1.807, 2.05) is 25.1 Å². The van der Waals surface area contributed by atoms with Crippen molar-refractivity contribution in [3.8, 4) is 0 Å². The first-order valence-electron chi connectivity index (χ1n) is 6.87. The second kappa shape index (κ2) is 5.64. The summed E-state index contributed by atoms with van der Waals surface area (Å²) in [6.07, 6.45) is 0. The van der Waals surface area contributed by atoms with Crippen molar-refractivity contribution in [3.63, 3.8) is 0 Å². The number of nitrogen functional groups attached to an aromatic ring is 1. The Bertz CT molecular complexity index is 675. The lowest BCUT2D eigenvalue weighted by Gasteiger charge is -2.20. The molecule has 1 heterocycles. The summed E-state index contributed by atoms with van der Waals surface area (Å²) in [5.41, 5.74) is 8.89. The molecule has 0 atom stereocenters. The summed E-state index contributed by atoms with van der Waals surface area (Å²) in [5.74, 6) is 2.01. The maximum atomic E-state index is 6.04. The van der Waals surface area contributed by atoms with Crippen LogP contribution >= 0.6 is 15.9 Å². The third-order valence-electron chi connectivity index (χ3n) is 3.38. The molecule has 4 nitrogen and oxygen atoms in total. The fraction of sp³-hybridized carbons (Fsp3) is 0.375. The standard InChI is InChI=1S/C16H21BrN4/c1-9-11(17)7-6-8-12(9)19-14-10(2)13(18)20-15(21-14)16(3,4)5/h6-8H,1-5H3,(H3,18,19,20,21). The van der Waals surface area contributed by atoms with E-state index in [0.29, 0.717) is 5.82 Å². The largest absolute Gasteiger partial charge is 0.383 e. The van der Waals surface area contributed by atoms with Gasteiger partial charge in [-0.05, 0) is 31.5 Å². The Morgan fingerprint density at radius 1 is 1.10 bits per heavy atom. The van der Waals surface area contributed by atoms with Crippen LogP contribution in [0.3, 0.4) is 0 Å². The number of rotatable bonds is 2. The van der Waals surface area contributed by atoms with E-state index in [2.05, 4.69) is 58.9 Å². The van der Waals surface area contributed by atoms with Gasteiger partial charge in [0.25, 0.3) is 0 Å². The molecule has 112 valence electrons. The summed E-state index contributed by atoms with van der Waals surface area (Å²) < 4.78 is 1.06. The van der Waals surface area contributed by atoms with Gasteiger partial charge in [0.15, 0.2) is 0 Å². The van der Waals surface area contributed by atoms with Crippen LogP contribution in [0.15, 0.2) is 22.7 Å². The molecule has 0 unspecified atom stereocenters. The zero-order valence-electron chi connectivity index (χ0n) is 13.1. The lowest BCUT2D eigenvalue weighted by atomic mass is 9.95. The van der Waals surface area contributed by atoms with Gasteiger partial charge in [-0.15, -0.1) is 0 Å². The molecule has 0 aliphatic carbocycles. The number of halogens is 1. The second-order valence-electron chi connectivity index (χ2n) is 6.19. The molecule has 0 fully saturated rings. The normalized spacial score (nSPS) is 11.5. The van der Waals surface area contributed by atoms with Crippen LogP contribution in [-0.2, 0) is 5.41 Å². The van der Waals surface area contributed by atoms with E-state index in [1.54, 1.807) is 0 Å². The van der Waals surface area contributed by atoms with Gasteiger partial charge in [-0.25, -0.2) is 9.97 Å². The predicted molar refractivity (Wildman–Crippen MR) is 92.0 cm³/mol. The molecular formula is C16H21BrN4. The summed E-state index contributed by atoms with van der Waals surface area (Å²) in [6.45, 7) is 10.2. The van der Waals surface area contributed by atoms with E-state index in [0.717, 1.165) is 32.9 Å². The number of nitrogens with one attached hydrogen (secondary N) is 1. The minimum absolute atomic E-state index is 0.148. The SMILES string of the molecule is Cc1c(Br)cccc1Nc1nc(C(C)(C)C)nc(N)c1C.